The average Bonchev–Trinajstić information content (AvgIpc) is 2.86. The monoisotopic (exact) mass is 324 g/mol. The van der Waals surface area contributed by atoms with E-state index in [9.17, 15) is 14.3 Å². The van der Waals surface area contributed by atoms with Crippen molar-refractivity contribution in [2.75, 3.05) is 19.6 Å². The number of nitrogens with one attached hydrogen (secondary N) is 2. The van der Waals surface area contributed by atoms with E-state index in [1.165, 1.54) is 6.07 Å². The molecule has 0 radical (unpaired) electrons. The summed E-state index contributed by atoms with van der Waals surface area (Å²) < 4.78 is 28.7. The Kier molecular flexibility index (Phi) is 4.14. The molecule has 23 heavy (non-hydrogen) atoms. The number of alkyl halides is 1. The predicted octanol–water partition coefficient (Wildman–Crippen LogP) is 1.77. The molecule has 3 N–H and O–H groups in total. The summed E-state index contributed by atoms with van der Waals surface area (Å²) in [7, 11) is 0. The van der Waals surface area contributed by atoms with Crippen LogP contribution in [-0.2, 0) is 4.79 Å². The lowest BCUT2D eigenvalue weighted by Gasteiger charge is -2.45. The van der Waals surface area contributed by atoms with Gasteiger partial charge in [-0.3, -0.25) is 4.79 Å². The van der Waals surface area contributed by atoms with Gasteiger partial charge in [0, 0.05) is 25.0 Å². The van der Waals surface area contributed by atoms with Gasteiger partial charge < -0.3 is 15.7 Å². The van der Waals surface area contributed by atoms with Crippen molar-refractivity contribution in [3.05, 3.63) is 35.1 Å². The summed E-state index contributed by atoms with van der Waals surface area (Å²) in [5.41, 5.74) is -1.68. The number of halogens is 2. The van der Waals surface area contributed by atoms with Gasteiger partial charge in [-0.1, -0.05) is 18.6 Å². The zero-order valence-corrected chi connectivity index (χ0v) is 13.2. The third-order valence-corrected chi connectivity index (χ3v) is 5.38. The summed E-state index contributed by atoms with van der Waals surface area (Å²) in [6, 6.07) is 4.41. The SMILES string of the molecule is Cc1ccc(C(O)CNC(=O)C2(F)CNCC23CCC3)cc1F. The Hall–Kier alpha value is -1.53. The van der Waals surface area contributed by atoms with Crippen LogP contribution in [0.1, 0.15) is 36.5 Å². The molecule has 1 spiro atoms. The van der Waals surface area contributed by atoms with Crippen molar-refractivity contribution in [3.63, 3.8) is 0 Å². The van der Waals surface area contributed by atoms with Crippen molar-refractivity contribution in [2.24, 2.45) is 5.41 Å². The van der Waals surface area contributed by atoms with Crippen LogP contribution >= 0.6 is 0 Å². The van der Waals surface area contributed by atoms with Gasteiger partial charge in [-0.05, 0) is 37.0 Å². The molecule has 1 saturated carbocycles. The van der Waals surface area contributed by atoms with Gasteiger partial charge in [0.1, 0.15) is 5.82 Å². The van der Waals surface area contributed by atoms with Gasteiger partial charge in [0.25, 0.3) is 5.91 Å². The van der Waals surface area contributed by atoms with Crippen molar-refractivity contribution < 1.29 is 18.7 Å². The lowest BCUT2D eigenvalue weighted by atomic mass is 9.61. The number of benzene rings is 1. The minimum atomic E-state index is -1.93. The summed E-state index contributed by atoms with van der Waals surface area (Å²) in [5, 5.41) is 15.6. The maximum atomic E-state index is 15.2. The number of hydrogen-bond acceptors (Lipinski definition) is 3. The Balaban J connectivity index is 1.63. The molecule has 1 aliphatic carbocycles. The molecule has 2 aliphatic rings. The molecule has 1 amide bonds. The standard InChI is InChI=1S/C17H22F2N2O2/c1-11-3-4-12(7-13(11)18)14(22)8-21-15(23)17(19)10-20-9-16(17)5-2-6-16/h3-4,7,14,20,22H,2,5-6,8-10H2,1H3,(H,21,23). The lowest BCUT2D eigenvalue weighted by molar-refractivity contribution is -0.144. The Morgan fingerprint density at radius 3 is 2.78 bits per heavy atom. The number of rotatable bonds is 4. The quantitative estimate of drug-likeness (QED) is 0.791. The highest BCUT2D eigenvalue weighted by molar-refractivity contribution is 5.87. The zero-order valence-electron chi connectivity index (χ0n) is 13.2. The van der Waals surface area contributed by atoms with Gasteiger partial charge in [0.2, 0.25) is 5.67 Å². The van der Waals surface area contributed by atoms with Crippen molar-refractivity contribution in [1.82, 2.24) is 10.6 Å². The number of aliphatic hydroxyl groups is 1. The van der Waals surface area contributed by atoms with Gasteiger partial charge >= 0.3 is 0 Å². The van der Waals surface area contributed by atoms with Gasteiger partial charge in [-0.15, -0.1) is 0 Å². The molecule has 2 fully saturated rings. The van der Waals surface area contributed by atoms with Crippen molar-refractivity contribution in [1.29, 1.82) is 0 Å². The highest BCUT2D eigenvalue weighted by atomic mass is 19.1. The van der Waals surface area contributed by atoms with Gasteiger partial charge in [0.05, 0.1) is 6.10 Å². The summed E-state index contributed by atoms with van der Waals surface area (Å²) in [5.74, 6) is -1.10. The van der Waals surface area contributed by atoms with Crippen molar-refractivity contribution in [3.8, 4) is 0 Å². The number of aliphatic hydroxyl groups excluding tert-OH is 1. The largest absolute Gasteiger partial charge is 0.387 e. The Bertz CT molecular complexity index is 619. The van der Waals surface area contributed by atoms with Crippen molar-refractivity contribution in [2.45, 2.75) is 38.0 Å². The number of aryl methyl sites for hydroxylation is 1. The van der Waals surface area contributed by atoms with Gasteiger partial charge in [-0.2, -0.15) is 0 Å². The Labute approximate surface area is 134 Å². The van der Waals surface area contributed by atoms with E-state index >= 15 is 4.39 Å². The number of carbonyl (C=O) groups is 1. The van der Waals surface area contributed by atoms with Crippen LogP contribution in [0.5, 0.6) is 0 Å². The minimum absolute atomic E-state index is 0.00802. The third kappa shape index (κ3) is 2.64. The molecular weight excluding hydrogens is 302 g/mol. The van der Waals surface area contributed by atoms with E-state index in [1.54, 1.807) is 19.1 Å². The second kappa shape index (κ2) is 5.83. The molecule has 6 heteroatoms. The first-order valence-corrected chi connectivity index (χ1v) is 8.00. The van der Waals surface area contributed by atoms with E-state index in [4.69, 9.17) is 0 Å². The second-order valence-electron chi connectivity index (χ2n) is 6.77. The molecule has 1 heterocycles. The van der Waals surface area contributed by atoms with Crippen LogP contribution in [0, 0.1) is 18.2 Å². The lowest BCUT2D eigenvalue weighted by Crippen LogP contribution is -2.58. The highest BCUT2D eigenvalue weighted by Crippen LogP contribution is 2.53. The third-order valence-electron chi connectivity index (χ3n) is 5.38. The topological polar surface area (TPSA) is 61.4 Å². The fourth-order valence-electron chi connectivity index (χ4n) is 3.56. The van der Waals surface area contributed by atoms with Gasteiger partial charge in [0.15, 0.2) is 0 Å². The molecular formula is C17H22F2N2O2. The maximum Gasteiger partial charge on any atom is 0.259 e. The first-order chi connectivity index (χ1) is 10.9. The fourth-order valence-corrected chi connectivity index (χ4v) is 3.56. The minimum Gasteiger partial charge on any atom is -0.387 e. The zero-order chi connectivity index (χ0) is 16.7. The molecule has 4 nitrogen and oxygen atoms in total. The van der Waals surface area contributed by atoms with E-state index in [0.29, 0.717) is 30.5 Å². The van der Waals surface area contributed by atoms with Crippen LogP contribution in [0.15, 0.2) is 18.2 Å². The van der Waals surface area contributed by atoms with E-state index in [0.717, 1.165) is 6.42 Å². The molecule has 0 aromatic heterocycles. The second-order valence-corrected chi connectivity index (χ2v) is 6.77. The fraction of sp³-hybridized carbons (Fsp3) is 0.588. The van der Waals surface area contributed by atoms with Crippen LogP contribution in [0.2, 0.25) is 0 Å². The van der Waals surface area contributed by atoms with Crippen LogP contribution in [0.25, 0.3) is 0 Å². The van der Waals surface area contributed by atoms with Crippen molar-refractivity contribution >= 4 is 5.91 Å². The number of carbonyl (C=O) groups excluding carboxylic acids is 1. The summed E-state index contributed by atoms with van der Waals surface area (Å²) >= 11 is 0. The normalized spacial score (nSPS) is 26.8. The molecule has 3 rings (SSSR count). The average molecular weight is 324 g/mol. The highest BCUT2D eigenvalue weighted by Gasteiger charge is 2.63. The smallest absolute Gasteiger partial charge is 0.259 e. The molecule has 2 atom stereocenters. The summed E-state index contributed by atoms with van der Waals surface area (Å²) in [6.07, 6.45) is 1.28. The first-order valence-electron chi connectivity index (χ1n) is 8.00. The molecule has 126 valence electrons. The molecule has 1 saturated heterocycles. The summed E-state index contributed by atoms with van der Waals surface area (Å²) in [4.78, 5) is 12.3. The summed E-state index contributed by atoms with van der Waals surface area (Å²) in [6.45, 7) is 2.02. The van der Waals surface area contributed by atoms with Gasteiger partial charge in [-0.25, -0.2) is 8.78 Å². The van der Waals surface area contributed by atoms with Crippen LogP contribution in [-0.4, -0.2) is 36.3 Å². The Morgan fingerprint density at radius 2 is 2.17 bits per heavy atom. The maximum absolute atomic E-state index is 15.2. The van der Waals surface area contributed by atoms with Crippen LogP contribution in [0.3, 0.4) is 0 Å². The molecule has 0 bridgehead atoms. The predicted molar refractivity (Wildman–Crippen MR) is 82.1 cm³/mol. The van der Waals surface area contributed by atoms with Crippen LogP contribution < -0.4 is 10.6 Å². The number of hydrogen-bond donors (Lipinski definition) is 3. The van der Waals surface area contributed by atoms with E-state index in [-0.39, 0.29) is 13.1 Å². The van der Waals surface area contributed by atoms with Crippen LogP contribution in [0.4, 0.5) is 8.78 Å². The molecule has 1 aliphatic heterocycles. The molecule has 2 unspecified atom stereocenters. The molecule has 1 aromatic rings. The van der Waals surface area contributed by atoms with E-state index < -0.39 is 28.9 Å². The first kappa shape index (κ1) is 16.3. The Morgan fingerprint density at radius 1 is 1.43 bits per heavy atom. The van der Waals surface area contributed by atoms with E-state index in [2.05, 4.69) is 10.6 Å². The molecule has 1 aromatic carbocycles. The number of amides is 1. The van der Waals surface area contributed by atoms with E-state index in [1.807, 2.05) is 0 Å².